The number of H-pyrrole nitrogens is 1. The monoisotopic (exact) mass is 379 g/mol. The number of nitriles is 1. The Morgan fingerprint density at radius 2 is 2.36 bits per heavy atom. The van der Waals surface area contributed by atoms with E-state index in [1.807, 2.05) is 18.3 Å². The average molecular weight is 379 g/mol. The van der Waals surface area contributed by atoms with Crippen molar-refractivity contribution in [3.05, 3.63) is 24.3 Å². The van der Waals surface area contributed by atoms with Gasteiger partial charge in [0, 0.05) is 36.9 Å². The fourth-order valence-corrected chi connectivity index (χ4v) is 3.78. The fourth-order valence-electron chi connectivity index (χ4n) is 3.78. The van der Waals surface area contributed by atoms with Crippen LogP contribution < -0.4 is 5.32 Å². The predicted molar refractivity (Wildman–Crippen MR) is 102 cm³/mol. The highest BCUT2D eigenvalue weighted by molar-refractivity contribution is 5.97. The number of hydrogen-bond acceptors (Lipinski definition) is 7. The first kappa shape index (κ1) is 18.0. The van der Waals surface area contributed by atoms with Crippen molar-refractivity contribution in [3.63, 3.8) is 0 Å². The SMILES string of the molecule is Cc1noc(-c2cnc3[nH]ccc3c2N[C@@H]2C[C@H](C)CN(C(=O)CC#N)C2)n1. The molecule has 0 spiro atoms. The van der Waals surface area contributed by atoms with E-state index in [1.54, 1.807) is 18.0 Å². The Bertz CT molecular complexity index is 1050. The molecule has 4 rings (SSSR count). The third-order valence-electron chi connectivity index (χ3n) is 4.94. The lowest BCUT2D eigenvalue weighted by Crippen LogP contribution is -2.48. The van der Waals surface area contributed by atoms with Crippen LogP contribution in [0.4, 0.5) is 5.69 Å². The Hall–Kier alpha value is -3.41. The number of piperidine rings is 1. The van der Waals surface area contributed by atoms with Crippen LogP contribution in [0.15, 0.2) is 23.0 Å². The molecule has 0 bridgehead atoms. The molecule has 1 aliphatic heterocycles. The summed E-state index contributed by atoms with van der Waals surface area (Å²) in [4.78, 5) is 25.9. The maximum absolute atomic E-state index is 12.2. The number of nitrogens with one attached hydrogen (secondary N) is 2. The van der Waals surface area contributed by atoms with Gasteiger partial charge in [0.1, 0.15) is 12.1 Å². The Morgan fingerprint density at radius 1 is 1.50 bits per heavy atom. The van der Waals surface area contributed by atoms with Crippen LogP contribution in [0.2, 0.25) is 0 Å². The van der Waals surface area contributed by atoms with Gasteiger partial charge in [-0.25, -0.2) is 4.98 Å². The molecule has 9 nitrogen and oxygen atoms in total. The third kappa shape index (κ3) is 3.41. The molecular formula is C19H21N7O2. The van der Waals surface area contributed by atoms with Gasteiger partial charge in [0.15, 0.2) is 5.82 Å². The summed E-state index contributed by atoms with van der Waals surface area (Å²) in [5.41, 5.74) is 2.33. The van der Waals surface area contributed by atoms with Crippen molar-refractivity contribution in [1.29, 1.82) is 5.26 Å². The molecular weight excluding hydrogens is 358 g/mol. The van der Waals surface area contributed by atoms with E-state index < -0.39 is 0 Å². The molecule has 1 fully saturated rings. The van der Waals surface area contributed by atoms with Crippen LogP contribution in [0.3, 0.4) is 0 Å². The van der Waals surface area contributed by atoms with Gasteiger partial charge < -0.3 is 19.7 Å². The first-order valence-electron chi connectivity index (χ1n) is 9.23. The Kier molecular flexibility index (Phi) is 4.69. The summed E-state index contributed by atoms with van der Waals surface area (Å²) >= 11 is 0. The lowest BCUT2D eigenvalue weighted by Gasteiger charge is -2.37. The van der Waals surface area contributed by atoms with Crippen LogP contribution in [0, 0.1) is 24.2 Å². The highest BCUT2D eigenvalue weighted by Gasteiger charge is 2.29. The van der Waals surface area contributed by atoms with E-state index >= 15 is 0 Å². The van der Waals surface area contributed by atoms with Gasteiger partial charge in [-0.15, -0.1) is 0 Å². The Labute approximate surface area is 161 Å². The average Bonchev–Trinajstić information content (AvgIpc) is 3.30. The molecule has 1 aliphatic rings. The normalized spacial score (nSPS) is 19.5. The molecule has 1 amide bonds. The summed E-state index contributed by atoms with van der Waals surface area (Å²) in [7, 11) is 0. The van der Waals surface area contributed by atoms with E-state index in [2.05, 4.69) is 32.3 Å². The number of anilines is 1. The number of aromatic nitrogens is 4. The molecule has 9 heteroatoms. The van der Waals surface area contributed by atoms with E-state index in [4.69, 9.17) is 9.78 Å². The second-order valence-corrected chi connectivity index (χ2v) is 7.25. The number of amides is 1. The van der Waals surface area contributed by atoms with Crippen molar-refractivity contribution in [2.45, 2.75) is 32.7 Å². The lowest BCUT2D eigenvalue weighted by atomic mass is 9.95. The van der Waals surface area contributed by atoms with Crippen molar-refractivity contribution in [2.24, 2.45) is 5.92 Å². The number of aryl methyl sites for hydroxylation is 1. The quantitative estimate of drug-likeness (QED) is 0.713. The molecule has 28 heavy (non-hydrogen) atoms. The van der Waals surface area contributed by atoms with Gasteiger partial charge in [-0.3, -0.25) is 4.79 Å². The van der Waals surface area contributed by atoms with Crippen molar-refractivity contribution in [3.8, 4) is 17.5 Å². The van der Waals surface area contributed by atoms with Crippen LogP contribution in [0.25, 0.3) is 22.5 Å². The zero-order valence-corrected chi connectivity index (χ0v) is 15.8. The van der Waals surface area contributed by atoms with Crippen LogP contribution in [0.1, 0.15) is 25.6 Å². The van der Waals surface area contributed by atoms with Crippen molar-refractivity contribution < 1.29 is 9.32 Å². The smallest absolute Gasteiger partial charge is 0.261 e. The maximum atomic E-state index is 12.2. The third-order valence-corrected chi connectivity index (χ3v) is 4.94. The number of hydrogen-bond donors (Lipinski definition) is 2. The van der Waals surface area contributed by atoms with E-state index in [0.717, 1.165) is 28.7 Å². The molecule has 144 valence electrons. The number of likely N-dealkylation sites (tertiary alicyclic amines) is 1. The van der Waals surface area contributed by atoms with Gasteiger partial charge in [0.25, 0.3) is 5.89 Å². The number of nitrogens with zero attached hydrogens (tertiary/aromatic N) is 5. The van der Waals surface area contributed by atoms with Crippen molar-refractivity contribution >= 4 is 22.6 Å². The highest BCUT2D eigenvalue weighted by atomic mass is 16.5. The number of pyridine rings is 1. The maximum Gasteiger partial charge on any atom is 0.261 e. The molecule has 2 atom stereocenters. The lowest BCUT2D eigenvalue weighted by molar-refractivity contribution is -0.132. The summed E-state index contributed by atoms with van der Waals surface area (Å²) < 4.78 is 5.37. The highest BCUT2D eigenvalue weighted by Crippen LogP contribution is 2.34. The summed E-state index contributed by atoms with van der Waals surface area (Å²) in [6, 6.07) is 3.93. The number of rotatable bonds is 4. The zero-order chi connectivity index (χ0) is 19.7. The van der Waals surface area contributed by atoms with E-state index in [9.17, 15) is 4.79 Å². The van der Waals surface area contributed by atoms with E-state index in [1.165, 1.54) is 0 Å². The largest absolute Gasteiger partial charge is 0.379 e. The summed E-state index contributed by atoms with van der Waals surface area (Å²) in [5.74, 6) is 1.15. The minimum absolute atomic E-state index is 0.0367. The second-order valence-electron chi connectivity index (χ2n) is 7.25. The van der Waals surface area contributed by atoms with Gasteiger partial charge >= 0.3 is 0 Å². The topological polar surface area (TPSA) is 124 Å². The molecule has 3 aromatic heterocycles. The number of carbonyl (C=O) groups excluding carboxylic acids is 1. The zero-order valence-electron chi connectivity index (χ0n) is 15.8. The molecule has 4 heterocycles. The molecule has 3 aromatic rings. The van der Waals surface area contributed by atoms with Crippen molar-refractivity contribution in [2.75, 3.05) is 18.4 Å². The summed E-state index contributed by atoms with van der Waals surface area (Å²) in [6.45, 7) is 5.09. The minimum Gasteiger partial charge on any atom is -0.379 e. The number of fused-ring (bicyclic) bond motifs is 1. The first-order valence-corrected chi connectivity index (χ1v) is 9.23. The number of aromatic amines is 1. The van der Waals surface area contributed by atoms with Crippen LogP contribution in [-0.2, 0) is 4.79 Å². The molecule has 0 unspecified atom stereocenters. The van der Waals surface area contributed by atoms with Gasteiger partial charge in [-0.05, 0) is 25.3 Å². The fraction of sp³-hybridized carbons (Fsp3) is 0.421. The van der Waals surface area contributed by atoms with E-state index in [0.29, 0.717) is 30.7 Å². The standard InChI is InChI=1S/C19H21N7O2/c1-11-7-13(10-26(9-11)16(27)3-5-20)24-17-14-4-6-21-18(14)22-8-15(17)19-23-12(2)25-28-19/h4,6,8,11,13H,3,7,9-10H2,1-2H3,(H2,21,22,24)/t11-,13+/m0/s1. The Morgan fingerprint density at radius 3 is 3.11 bits per heavy atom. The van der Waals surface area contributed by atoms with Gasteiger partial charge in [-0.2, -0.15) is 10.2 Å². The molecule has 0 saturated carbocycles. The minimum atomic E-state index is -0.130. The van der Waals surface area contributed by atoms with Gasteiger partial charge in [0.2, 0.25) is 5.91 Å². The second kappa shape index (κ2) is 7.31. The van der Waals surface area contributed by atoms with Gasteiger partial charge in [0.05, 0.1) is 17.3 Å². The predicted octanol–water partition coefficient (Wildman–Crippen LogP) is 2.48. The molecule has 2 N–H and O–H groups in total. The first-order chi connectivity index (χ1) is 13.5. The van der Waals surface area contributed by atoms with E-state index in [-0.39, 0.29) is 18.4 Å². The Balaban J connectivity index is 1.67. The van der Waals surface area contributed by atoms with Crippen molar-refractivity contribution in [1.82, 2.24) is 25.0 Å². The number of carbonyl (C=O) groups is 1. The molecule has 0 radical (unpaired) electrons. The van der Waals surface area contributed by atoms with Crippen LogP contribution in [0.5, 0.6) is 0 Å². The summed E-state index contributed by atoms with van der Waals surface area (Å²) in [5, 5.41) is 17.2. The molecule has 1 saturated heterocycles. The van der Waals surface area contributed by atoms with Crippen LogP contribution in [-0.4, -0.2) is 50.0 Å². The summed E-state index contributed by atoms with van der Waals surface area (Å²) in [6.07, 6.45) is 4.35. The molecule has 0 aromatic carbocycles. The molecule has 0 aliphatic carbocycles. The van der Waals surface area contributed by atoms with Gasteiger partial charge in [-0.1, -0.05) is 12.1 Å². The van der Waals surface area contributed by atoms with Crippen LogP contribution >= 0.6 is 0 Å².